The molecule has 1 aromatic carbocycles. The quantitative estimate of drug-likeness (QED) is 0.573. The van der Waals surface area contributed by atoms with E-state index in [-0.39, 0.29) is 6.04 Å². The average molecular weight is 436 g/mol. The van der Waals surface area contributed by atoms with Gasteiger partial charge in [-0.3, -0.25) is 4.57 Å². The highest BCUT2D eigenvalue weighted by Crippen LogP contribution is 2.22. The van der Waals surface area contributed by atoms with Gasteiger partial charge >= 0.3 is 0 Å². The largest absolute Gasteiger partial charge is 0.369 e. The maximum absolute atomic E-state index is 4.74. The summed E-state index contributed by atoms with van der Waals surface area (Å²) in [7, 11) is 0. The molecule has 1 aliphatic rings. The topological polar surface area (TPSA) is 70.4 Å². The zero-order valence-corrected chi connectivity index (χ0v) is 20.1. The van der Waals surface area contributed by atoms with Crippen molar-refractivity contribution in [3.63, 3.8) is 0 Å². The van der Waals surface area contributed by atoms with Crippen LogP contribution in [0.5, 0.6) is 0 Å². The number of rotatable bonds is 9. The van der Waals surface area contributed by atoms with Gasteiger partial charge in [0.2, 0.25) is 0 Å². The van der Waals surface area contributed by atoms with Gasteiger partial charge in [-0.1, -0.05) is 38.6 Å². The molecule has 1 aliphatic heterocycles. The number of aliphatic imine (C=N–C) groups is 1. The number of benzene rings is 1. The van der Waals surface area contributed by atoms with Crippen LogP contribution in [0.1, 0.15) is 64.4 Å². The summed E-state index contributed by atoms with van der Waals surface area (Å²) in [5.41, 5.74) is 4.33. The summed E-state index contributed by atoms with van der Waals surface area (Å²) in [6.45, 7) is 18.8. The lowest BCUT2D eigenvalue weighted by Gasteiger charge is -2.29. The zero-order valence-electron chi connectivity index (χ0n) is 20.1. The summed E-state index contributed by atoms with van der Waals surface area (Å²) in [6.07, 6.45) is 4.80. The van der Waals surface area contributed by atoms with E-state index >= 15 is 0 Å². The van der Waals surface area contributed by atoms with Crippen LogP contribution in [0.2, 0.25) is 0 Å². The molecule has 0 radical (unpaired) electrons. The van der Waals surface area contributed by atoms with E-state index < -0.39 is 0 Å². The number of nitrogens with zero attached hydrogens (tertiary/aromatic N) is 5. The van der Waals surface area contributed by atoms with Crippen molar-refractivity contribution in [2.24, 2.45) is 4.99 Å². The van der Waals surface area contributed by atoms with Crippen LogP contribution in [-0.4, -0.2) is 46.7 Å². The fourth-order valence-corrected chi connectivity index (χ4v) is 3.99. The SMILES string of the molecule is C=C(/N=C(C)\C(=C/C)n1cnnc1[C@H](C)CC)N[C@@H](C)c1ccc(N2CCNCC2)cc1. The van der Waals surface area contributed by atoms with Crippen molar-refractivity contribution in [1.82, 2.24) is 25.4 Å². The minimum atomic E-state index is 0.107. The second-order valence-electron chi connectivity index (χ2n) is 8.38. The number of hydrogen-bond donors (Lipinski definition) is 2. The van der Waals surface area contributed by atoms with Crippen LogP contribution >= 0.6 is 0 Å². The standard InChI is InChI=1S/C25H37N7/c1-7-18(3)25-30-27-17-32(25)24(8-2)20(5)29-21(6)28-19(4)22-9-11-23(12-10-22)31-15-13-26-14-16-31/h8-12,17-19,26,28H,6-7,13-16H2,1-5H3/b24-8+,29-20-/t18-,19+/m1/s1. The molecule has 2 N–H and O–H groups in total. The molecule has 1 saturated heterocycles. The van der Waals surface area contributed by atoms with E-state index in [2.05, 4.69) is 77.3 Å². The smallest absolute Gasteiger partial charge is 0.140 e. The Morgan fingerprint density at radius 3 is 2.56 bits per heavy atom. The summed E-state index contributed by atoms with van der Waals surface area (Å²) in [4.78, 5) is 7.16. The average Bonchev–Trinajstić information content (AvgIpc) is 3.29. The number of nitrogens with one attached hydrogen (secondary N) is 2. The highest BCUT2D eigenvalue weighted by atomic mass is 15.3. The molecular weight excluding hydrogens is 398 g/mol. The van der Waals surface area contributed by atoms with Gasteiger partial charge in [0.25, 0.3) is 0 Å². The van der Waals surface area contributed by atoms with Gasteiger partial charge in [-0.2, -0.15) is 0 Å². The van der Waals surface area contributed by atoms with Crippen LogP contribution in [-0.2, 0) is 0 Å². The van der Waals surface area contributed by atoms with Crippen molar-refractivity contribution in [2.45, 2.75) is 53.0 Å². The molecule has 2 aromatic rings. The van der Waals surface area contributed by atoms with E-state index in [1.165, 1.54) is 11.3 Å². The molecule has 0 bridgehead atoms. The Kier molecular flexibility index (Phi) is 8.22. The third-order valence-corrected chi connectivity index (χ3v) is 6.09. The van der Waals surface area contributed by atoms with Crippen molar-refractivity contribution in [3.8, 4) is 0 Å². The lowest BCUT2D eigenvalue weighted by atomic mass is 10.1. The molecule has 0 saturated carbocycles. The van der Waals surface area contributed by atoms with Crippen molar-refractivity contribution in [3.05, 3.63) is 60.5 Å². The Morgan fingerprint density at radius 1 is 1.25 bits per heavy atom. The predicted molar refractivity (Wildman–Crippen MR) is 134 cm³/mol. The molecule has 1 aromatic heterocycles. The van der Waals surface area contributed by atoms with Gasteiger partial charge in [0.1, 0.15) is 18.0 Å². The van der Waals surface area contributed by atoms with Crippen LogP contribution in [0, 0.1) is 0 Å². The molecule has 0 unspecified atom stereocenters. The summed E-state index contributed by atoms with van der Waals surface area (Å²) >= 11 is 0. The third kappa shape index (κ3) is 5.65. The number of allylic oxidation sites excluding steroid dienone is 2. The van der Waals surface area contributed by atoms with Crippen LogP contribution in [0.15, 0.2) is 54.1 Å². The van der Waals surface area contributed by atoms with Crippen molar-refractivity contribution >= 4 is 17.1 Å². The van der Waals surface area contributed by atoms with Crippen molar-refractivity contribution in [1.29, 1.82) is 0 Å². The minimum Gasteiger partial charge on any atom is -0.369 e. The molecule has 2 atom stereocenters. The van der Waals surface area contributed by atoms with Gasteiger partial charge in [0.15, 0.2) is 0 Å². The second kappa shape index (κ2) is 11.1. The van der Waals surface area contributed by atoms with Crippen molar-refractivity contribution in [2.75, 3.05) is 31.1 Å². The fraction of sp³-hybridized carbons (Fsp3) is 0.480. The van der Waals surface area contributed by atoms with Gasteiger partial charge in [-0.25, -0.2) is 4.99 Å². The number of anilines is 1. The summed E-state index contributed by atoms with van der Waals surface area (Å²) < 4.78 is 2.03. The van der Waals surface area contributed by atoms with Gasteiger partial charge in [-0.05, 0) is 44.9 Å². The second-order valence-corrected chi connectivity index (χ2v) is 8.38. The van der Waals surface area contributed by atoms with Crippen LogP contribution in [0.3, 0.4) is 0 Å². The van der Waals surface area contributed by atoms with E-state index in [0.717, 1.165) is 49.8 Å². The Balaban J connectivity index is 1.66. The lowest BCUT2D eigenvalue weighted by molar-refractivity contribution is 0.589. The van der Waals surface area contributed by atoms with E-state index in [9.17, 15) is 0 Å². The van der Waals surface area contributed by atoms with Gasteiger partial charge in [0, 0.05) is 43.8 Å². The van der Waals surface area contributed by atoms with E-state index in [4.69, 9.17) is 4.99 Å². The lowest BCUT2D eigenvalue weighted by Crippen LogP contribution is -2.43. The highest BCUT2D eigenvalue weighted by Gasteiger charge is 2.16. The van der Waals surface area contributed by atoms with Crippen LogP contribution in [0.4, 0.5) is 5.69 Å². The summed E-state index contributed by atoms with van der Waals surface area (Å²) in [5, 5.41) is 15.3. The predicted octanol–water partition coefficient (Wildman–Crippen LogP) is 4.34. The first-order valence-corrected chi connectivity index (χ1v) is 11.6. The Hall–Kier alpha value is -2.93. The highest BCUT2D eigenvalue weighted by molar-refractivity contribution is 6.17. The zero-order chi connectivity index (χ0) is 23.1. The molecular formula is C25H37N7. The molecule has 0 spiro atoms. The molecule has 7 heteroatoms. The van der Waals surface area contributed by atoms with Crippen LogP contribution in [0.25, 0.3) is 5.70 Å². The molecule has 7 nitrogen and oxygen atoms in total. The normalized spacial score (nSPS) is 17.2. The van der Waals surface area contributed by atoms with Gasteiger partial charge in [0.05, 0.1) is 11.4 Å². The fourth-order valence-electron chi connectivity index (χ4n) is 3.99. The van der Waals surface area contributed by atoms with E-state index in [1.54, 1.807) is 6.33 Å². The van der Waals surface area contributed by atoms with Gasteiger partial charge in [-0.15, -0.1) is 10.2 Å². The number of aromatic nitrogens is 3. The monoisotopic (exact) mass is 435 g/mol. The molecule has 172 valence electrons. The first-order chi connectivity index (χ1) is 15.4. The molecule has 32 heavy (non-hydrogen) atoms. The van der Waals surface area contributed by atoms with E-state index in [1.807, 2.05) is 24.5 Å². The number of hydrogen-bond acceptors (Lipinski definition) is 6. The Bertz CT molecular complexity index is 949. The Morgan fingerprint density at radius 2 is 1.94 bits per heavy atom. The first kappa shape index (κ1) is 23.7. The van der Waals surface area contributed by atoms with Crippen molar-refractivity contribution < 1.29 is 0 Å². The summed E-state index contributed by atoms with van der Waals surface area (Å²) in [6, 6.07) is 8.89. The summed E-state index contributed by atoms with van der Waals surface area (Å²) in [5.74, 6) is 1.91. The third-order valence-electron chi connectivity index (χ3n) is 6.09. The molecule has 1 fully saturated rings. The maximum atomic E-state index is 4.74. The number of piperazine rings is 1. The molecule has 0 amide bonds. The Labute approximate surface area is 192 Å². The minimum absolute atomic E-state index is 0.107. The van der Waals surface area contributed by atoms with Gasteiger partial charge < -0.3 is 15.5 Å². The maximum Gasteiger partial charge on any atom is 0.140 e. The molecule has 3 rings (SSSR count). The molecule has 0 aliphatic carbocycles. The molecule has 2 heterocycles. The van der Waals surface area contributed by atoms with E-state index in [0.29, 0.717) is 11.7 Å². The van der Waals surface area contributed by atoms with Crippen LogP contribution < -0.4 is 15.5 Å². The first-order valence-electron chi connectivity index (χ1n) is 11.6.